The highest BCUT2D eigenvalue weighted by molar-refractivity contribution is 6.32. The Labute approximate surface area is 126 Å². The van der Waals surface area contributed by atoms with Crippen molar-refractivity contribution in [2.45, 2.75) is 45.9 Å². The van der Waals surface area contributed by atoms with Crippen LogP contribution in [-0.4, -0.2) is 30.5 Å². The topological polar surface area (TPSA) is 50.7 Å². The summed E-state index contributed by atoms with van der Waals surface area (Å²) in [5.74, 6) is 1.18. The molecule has 0 heterocycles. The lowest BCUT2D eigenvalue weighted by molar-refractivity contribution is 0.187. The summed E-state index contributed by atoms with van der Waals surface area (Å²) in [6.07, 6.45) is 0.0266. The average Bonchev–Trinajstić information content (AvgIpc) is 2.38. The number of methoxy groups -OCH3 is 1. The van der Waals surface area contributed by atoms with Gasteiger partial charge in [0, 0.05) is 12.1 Å². The van der Waals surface area contributed by atoms with Crippen molar-refractivity contribution in [2.24, 2.45) is 0 Å². The zero-order valence-electron chi connectivity index (χ0n) is 12.8. The molecular formula is C15H24ClNO3. The summed E-state index contributed by atoms with van der Waals surface area (Å²) in [5, 5.41) is 13.0. The van der Waals surface area contributed by atoms with Gasteiger partial charge in [-0.2, -0.15) is 0 Å². The minimum Gasteiger partial charge on any atom is -0.493 e. The molecule has 2 N–H and O–H groups in total. The highest BCUT2D eigenvalue weighted by atomic mass is 35.5. The highest BCUT2D eigenvalue weighted by Crippen LogP contribution is 2.37. The molecule has 5 heteroatoms. The van der Waals surface area contributed by atoms with E-state index in [1.165, 1.54) is 0 Å². The van der Waals surface area contributed by atoms with Crippen LogP contribution in [-0.2, 0) is 6.54 Å². The summed E-state index contributed by atoms with van der Waals surface area (Å²) in [6, 6.07) is 3.74. The molecule has 20 heavy (non-hydrogen) atoms. The standard InChI is InChI=1S/C15H24ClNO3/c1-10(2)20-14-12(16)6-11(7-13(14)19-5)8-17-15(3,4)9-18/h6-7,10,17-18H,8-9H2,1-5H3. The molecule has 4 nitrogen and oxygen atoms in total. The fraction of sp³-hybridized carbons (Fsp3) is 0.600. The molecule has 0 aliphatic heterocycles. The van der Waals surface area contributed by atoms with Gasteiger partial charge in [-0.25, -0.2) is 0 Å². The minimum absolute atomic E-state index is 0.0266. The first-order valence-corrected chi connectivity index (χ1v) is 7.06. The quantitative estimate of drug-likeness (QED) is 0.813. The number of halogens is 1. The lowest BCUT2D eigenvalue weighted by atomic mass is 10.1. The molecule has 0 aromatic heterocycles. The van der Waals surface area contributed by atoms with Crippen molar-refractivity contribution in [3.05, 3.63) is 22.7 Å². The van der Waals surface area contributed by atoms with E-state index in [2.05, 4.69) is 5.32 Å². The number of hydrogen-bond acceptors (Lipinski definition) is 4. The van der Waals surface area contributed by atoms with Crippen LogP contribution >= 0.6 is 11.6 Å². The summed E-state index contributed by atoms with van der Waals surface area (Å²) in [5.41, 5.74) is 0.636. The molecule has 0 amide bonds. The average molecular weight is 302 g/mol. The Hall–Kier alpha value is -0.970. The molecule has 1 aromatic carbocycles. The molecule has 0 atom stereocenters. The molecule has 1 rings (SSSR count). The van der Waals surface area contributed by atoms with Crippen LogP contribution in [0.1, 0.15) is 33.3 Å². The van der Waals surface area contributed by atoms with Gasteiger partial charge >= 0.3 is 0 Å². The molecule has 1 aromatic rings. The van der Waals surface area contributed by atoms with Gasteiger partial charge in [-0.15, -0.1) is 0 Å². The molecule has 0 radical (unpaired) electrons. The van der Waals surface area contributed by atoms with Crippen LogP contribution in [0.4, 0.5) is 0 Å². The second kappa shape index (κ2) is 7.16. The summed E-state index contributed by atoms with van der Waals surface area (Å²) in [6.45, 7) is 8.40. The number of benzene rings is 1. The number of aliphatic hydroxyl groups excluding tert-OH is 1. The maximum absolute atomic E-state index is 9.24. The van der Waals surface area contributed by atoms with Gasteiger partial charge in [0.05, 0.1) is 24.8 Å². The van der Waals surface area contributed by atoms with E-state index in [0.29, 0.717) is 23.1 Å². The van der Waals surface area contributed by atoms with Gasteiger partial charge in [0.25, 0.3) is 0 Å². The molecule has 0 unspecified atom stereocenters. The van der Waals surface area contributed by atoms with Crippen LogP contribution in [0.2, 0.25) is 5.02 Å². The molecule has 0 aliphatic carbocycles. The lowest BCUT2D eigenvalue weighted by Gasteiger charge is -2.24. The van der Waals surface area contributed by atoms with Gasteiger partial charge in [0.15, 0.2) is 11.5 Å². The fourth-order valence-electron chi connectivity index (χ4n) is 1.62. The first-order valence-electron chi connectivity index (χ1n) is 6.68. The molecular weight excluding hydrogens is 278 g/mol. The van der Waals surface area contributed by atoms with Crippen molar-refractivity contribution < 1.29 is 14.6 Å². The number of aliphatic hydroxyl groups is 1. The Bertz CT molecular complexity index is 447. The van der Waals surface area contributed by atoms with Crippen LogP contribution in [0, 0.1) is 0 Å². The Morgan fingerprint density at radius 3 is 2.50 bits per heavy atom. The van der Waals surface area contributed by atoms with Crippen LogP contribution in [0.15, 0.2) is 12.1 Å². The van der Waals surface area contributed by atoms with Gasteiger partial charge in [-0.3, -0.25) is 0 Å². The second-order valence-corrected chi connectivity index (χ2v) is 6.08. The van der Waals surface area contributed by atoms with Gasteiger partial charge in [0.2, 0.25) is 0 Å². The van der Waals surface area contributed by atoms with Crippen molar-refractivity contribution in [1.29, 1.82) is 0 Å². The second-order valence-electron chi connectivity index (χ2n) is 5.67. The number of rotatable bonds is 7. The van der Waals surface area contributed by atoms with Crippen LogP contribution in [0.3, 0.4) is 0 Å². The Kier molecular flexibility index (Phi) is 6.11. The SMILES string of the molecule is COc1cc(CNC(C)(C)CO)cc(Cl)c1OC(C)C. The smallest absolute Gasteiger partial charge is 0.180 e. The first kappa shape index (κ1) is 17.1. The number of nitrogens with one attached hydrogen (secondary N) is 1. The Balaban J connectivity index is 2.93. The van der Waals surface area contributed by atoms with Crippen molar-refractivity contribution in [1.82, 2.24) is 5.32 Å². The molecule has 0 bridgehead atoms. The highest BCUT2D eigenvalue weighted by Gasteiger charge is 2.17. The minimum atomic E-state index is -0.340. The van der Waals surface area contributed by atoms with E-state index in [4.69, 9.17) is 21.1 Å². The largest absolute Gasteiger partial charge is 0.493 e. The molecule has 0 saturated carbocycles. The van der Waals surface area contributed by atoms with Crippen molar-refractivity contribution in [2.75, 3.05) is 13.7 Å². The predicted molar refractivity (Wildman–Crippen MR) is 81.8 cm³/mol. The third-order valence-corrected chi connectivity index (χ3v) is 3.09. The van der Waals surface area contributed by atoms with E-state index in [1.54, 1.807) is 7.11 Å². The van der Waals surface area contributed by atoms with E-state index < -0.39 is 0 Å². The van der Waals surface area contributed by atoms with Crippen molar-refractivity contribution in [3.8, 4) is 11.5 Å². The summed E-state index contributed by atoms with van der Waals surface area (Å²) >= 11 is 6.26. The Morgan fingerprint density at radius 1 is 1.35 bits per heavy atom. The van der Waals surface area contributed by atoms with E-state index >= 15 is 0 Å². The lowest BCUT2D eigenvalue weighted by Crippen LogP contribution is -2.42. The Morgan fingerprint density at radius 2 is 2.00 bits per heavy atom. The van der Waals surface area contributed by atoms with Gasteiger partial charge in [-0.05, 0) is 45.4 Å². The summed E-state index contributed by atoms with van der Waals surface area (Å²) in [7, 11) is 1.59. The van der Waals surface area contributed by atoms with E-state index in [0.717, 1.165) is 5.56 Å². The maximum atomic E-state index is 9.24. The predicted octanol–water partition coefficient (Wildman–Crippen LogP) is 3.00. The van der Waals surface area contributed by atoms with Crippen LogP contribution in [0.5, 0.6) is 11.5 Å². The van der Waals surface area contributed by atoms with E-state index in [9.17, 15) is 5.11 Å². The van der Waals surface area contributed by atoms with E-state index in [1.807, 2.05) is 39.8 Å². The number of hydrogen-bond donors (Lipinski definition) is 2. The van der Waals surface area contributed by atoms with Gasteiger partial charge in [-0.1, -0.05) is 11.6 Å². The summed E-state index contributed by atoms with van der Waals surface area (Å²) in [4.78, 5) is 0. The van der Waals surface area contributed by atoms with Crippen LogP contribution < -0.4 is 14.8 Å². The van der Waals surface area contributed by atoms with Gasteiger partial charge in [0.1, 0.15) is 0 Å². The normalized spacial score (nSPS) is 11.8. The van der Waals surface area contributed by atoms with Gasteiger partial charge < -0.3 is 19.9 Å². The molecule has 0 fully saturated rings. The zero-order chi connectivity index (χ0) is 15.3. The van der Waals surface area contributed by atoms with Crippen molar-refractivity contribution in [3.63, 3.8) is 0 Å². The third-order valence-electron chi connectivity index (χ3n) is 2.81. The van der Waals surface area contributed by atoms with E-state index in [-0.39, 0.29) is 18.2 Å². The molecule has 0 saturated heterocycles. The number of ether oxygens (including phenoxy) is 2. The van der Waals surface area contributed by atoms with Crippen molar-refractivity contribution >= 4 is 11.6 Å². The molecule has 114 valence electrons. The fourth-order valence-corrected chi connectivity index (χ4v) is 1.90. The molecule has 0 aliphatic rings. The summed E-state index contributed by atoms with van der Waals surface area (Å²) < 4.78 is 11.0. The molecule has 0 spiro atoms. The zero-order valence-corrected chi connectivity index (χ0v) is 13.5. The third kappa shape index (κ3) is 4.85. The first-order chi connectivity index (χ1) is 9.29. The monoisotopic (exact) mass is 301 g/mol. The maximum Gasteiger partial charge on any atom is 0.180 e. The van der Waals surface area contributed by atoms with Crippen LogP contribution in [0.25, 0.3) is 0 Å².